The van der Waals surface area contributed by atoms with Gasteiger partial charge in [0.1, 0.15) is 5.60 Å². The average molecular weight is 243 g/mol. The van der Waals surface area contributed by atoms with Gasteiger partial charge in [0.25, 0.3) is 0 Å². The van der Waals surface area contributed by atoms with Crippen molar-refractivity contribution in [1.82, 2.24) is 10.3 Å². The molecule has 0 aromatic carbocycles. The van der Waals surface area contributed by atoms with Crippen molar-refractivity contribution in [3.8, 4) is 0 Å². The van der Waals surface area contributed by atoms with Gasteiger partial charge in [-0.15, -0.1) is 11.3 Å². The van der Waals surface area contributed by atoms with Crippen molar-refractivity contribution >= 4 is 17.4 Å². The van der Waals surface area contributed by atoms with Gasteiger partial charge in [0, 0.05) is 11.9 Å². The normalized spacial score (nSPS) is 13.2. The van der Waals surface area contributed by atoms with Crippen LogP contribution in [0.5, 0.6) is 0 Å². The summed E-state index contributed by atoms with van der Waals surface area (Å²) in [5, 5.41) is 4.47. The number of hydrogen-bond donors (Lipinski definition) is 2. The third kappa shape index (κ3) is 4.59. The fourth-order valence-corrected chi connectivity index (χ4v) is 1.64. The van der Waals surface area contributed by atoms with Gasteiger partial charge in [0.15, 0.2) is 0 Å². The van der Waals surface area contributed by atoms with E-state index in [-0.39, 0.29) is 6.04 Å². The molecule has 0 aliphatic carbocycles. The van der Waals surface area contributed by atoms with Gasteiger partial charge >= 0.3 is 6.09 Å². The molecule has 3 N–H and O–H groups in total. The number of aromatic nitrogens is 1. The van der Waals surface area contributed by atoms with E-state index in [2.05, 4.69) is 10.3 Å². The number of nitrogens with one attached hydrogen (secondary N) is 1. The lowest BCUT2D eigenvalue weighted by atomic mass is 10.2. The summed E-state index contributed by atoms with van der Waals surface area (Å²) in [7, 11) is 0. The second kappa shape index (κ2) is 5.27. The molecule has 1 aromatic rings. The van der Waals surface area contributed by atoms with Crippen molar-refractivity contribution in [3.05, 3.63) is 16.6 Å². The standard InChI is InChI=1S/C10H17N3O2S/c1-10(2,3)15-9(14)12-4-7(11)8-5-16-6-13-8/h5-7H,4,11H2,1-3H3,(H,12,14). The first-order chi connectivity index (χ1) is 7.38. The van der Waals surface area contributed by atoms with Crippen LogP contribution < -0.4 is 11.1 Å². The first-order valence-corrected chi connectivity index (χ1v) is 5.93. The van der Waals surface area contributed by atoms with E-state index in [9.17, 15) is 4.79 Å². The molecule has 0 radical (unpaired) electrons. The summed E-state index contributed by atoms with van der Waals surface area (Å²) >= 11 is 1.48. The van der Waals surface area contributed by atoms with E-state index < -0.39 is 11.7 Å². The lowest BCUT2D eigenvalue weighted by Crippen LogP contribution is -2.36. The molecule has 1 atom stereocenters. The van der Waals surface area contributed by atoms with Crippen LogP contribution in [0, 0.1) is 0 Å². The summed E-state index contributed by atoms with van der Waals surface area (Å²) in [6.07, 6.45) is -0.460. The number of nitrogens with two attached hydrogens (primary N) is 1. The van der Waals surface area contributed by atoms with Crippen molar-refractivity contribution in [2.45, 2.75) is 32.4 Å². The minimum Gasteiger partial charge on any atom is -0.444 e. The zero-order chi connectivity index (χ0) is 12.2. The van der Waals surface area contributed by atoms with Crippen LogP contribution in [-0.4, -0.2) is 23.2 Å². The van der Waals surface area contributed by atoms with Gasteiger partial charge in [-0.25, -0.2) is 9.78 Å². The van der Waals surface area contributed by atoms with Crippen molar-refractivity contribution < 1.29 is 9.53 Å². The Hall–Kier alpha value is -1.14. The largest absolute Gasteiger partial charge is 0.444 e. The third-order valence-corrected chi connectivity index (χ3v) is 2.30. The molecule has 0 aliphatic rings. The molecule has 0 aliphatic heterocycles. The number of nitrogens with zero attached hydrogens (tertiary/aromatic N) is 1. The SMILES string of the molecule is CC(C)(C)OC(=O)NCC(N)c1cscn1. The Morgan fingerprint density at radius 1 is 1.69 bits per heavy atom. The second-order valence-electron chi connectivity index (χ2n) is 4.40. The maximum atomic E-state index is 11.3. The molecule has 0 fully saturated rings. The Morgan fingerprint density at radius 2 is 2.38 bits per heavy atom. The molecule has 1 rings (SSSR count). The van der Waals surface area contributed by atoms with Crippen molar-refractivity contribution in [3.63, 3.8) is 0 Å². The molecule has 0 spiro atoms. The Labute approximate surface area is 99.0 Å². The Kier molecular flexibility index (Phi) is 4.26. The zero-order valence-corrected chi connectivity index (χ0v) is 10.5. The molecule has 1 aromatic heterocycles. The number of carbonyl (C=O) groups is 1. The van der Waals surface area contributed by atoms with E-state index >= 15 is 0 Å². The first-order valence-electron chi connectivity index (χ1n) is 4.99. The highest BCUT2D eigenvalue weighted by Gasteiger charge is 2.17. The minimum absolute atomic E-state index is 0.293. The van der Waals surface area contributed by atoms with Gasteiger partial charge in [0.2, 0.25) is 0 Å². The molecule has 1 heterocycles. The van der Waals surface area contributed by atoms with Gasteiger partial charge in [-0.05, 0) is 20.8 Å². The third-order valence-electron chi connectivity index (χ3n) is 1.70. The molecule has 16 heavy (non-hydrogen) atoms. The monoisotopic (exact) mass is 243 g/mol. The predicted octanol–water partition coefficient (Wildman–Crippen LogP) is 1.67. The highest BCUT2D eigenvalue weighted by molar-refractivity contribution is 7.07. The molecule has 1 amide bonds. The Bertz CT molecular complexity index is 332. The van der Waals surface area contributed by atoms with Crippen LogP contribution in [0.3, 0.4) is 0 Å². The van der Waals surface area contributed by atoms with Crippen LogP contribution in [0.25, 0.3) is 0 Å². The molecule has 0 saturated heterocycles. The second-order valence-corrected chi connectivity index (χ2v) is 5.12. The van der Waals surface area contributed by atoms with E-state index in [1.54, 1.807) is 5.51 Å². The molecule has 0 saturated carbocycles. The summed E-state index contributed by atoms with van der Waals surface area (Å²) in [6, 6.07) is -0.293. The number of alkyl carbamates (subject to hydrolysis) is 1. The lowest BCUT2D eigenvalue weighted by Gasteiger charge is -2.20. The van der Waals surface area contributed by atoms with Gasteiger partial charge < -0.3 is 15.8 Å². The molecule has 1 unspecified atom stereocenters. The highest BCUT2D eigenvalue weighted by Crippen LogP contribution is 2.10. The van der Waals surface area contributed by atoms with Crippen molar-refractivity contribution in [2.75, 3.05) is 6.54 Å². The summed E-state index contributed by atoms with van der Waals surface area (Å²) in [5.74, 6) is 0. The van der Waals surface area contributed by atoms with Crippen LogP contribution in [0.15, 0.2) is 10.9 Å². The molecule has 90 valence electrons. The van der Waals surface area contributed by atoms with Crippen LogP contribution in [0.1, 0.15) is 32.5 Å². The average Bonchev–Trinajstić information content (AvgIpc) is 2.64. The highest BCUT2D eigenvalue weighted by atomic mass is 32.1. The van der Waals surface area contributed by atoms with Gasteiger partial charge in [-0.3, -0.25) is 0 Å². The van der Waals surface area contributed by atoms with Gasteiger partial charge in [0.05, 0.1) is 17.2 Å². The zero-order valence-electron chi connectivity index (χ0n) is 9.69. The van der Waals surface area contributed by atoms with E-state index in [1.165, 1.54) is 11.3 Å². The predicted molar refractivity (Wildman–Crippen MR) is 63.3 cm³/mol. The molecular formula is C10H17N3O2S. The van der Waals surface area contributed by atoms with Crippen LogP contribution in [0.4, 0.5) is 4.79 Å². The summed E-state index contributed by atoms with van der Waals surface area (Å²) in [4.78, 5) is 15.4. The van der Waals surface area contributed by atoms with Crippen LogP contribution >= 0.6 is 11.3 Å². The number of hydrogen-bond acceptors (Lipinski definition) is 5. The van der Waals surface area contributed by atoms with Crippen molar-refractivity contribution in [1.29, 1.82) is 0 Å². The number of ether oxygens (including phenoxy) is 1. The molecule has 6 heteroatoms. The van der Waals surface area contributed by atoms with Crippen molar-refractivity contribution in [2.24, 2.45) is 5.73 Å². The fraction of sp³-hybridized carbons (Fsp3) is 0.600. The first kappa shape index (κ1) is 12.9. The fourth-order valence-electron chi connectivity index (χ4n) is 1.02. The Balaban J connectivity index is 2.32. The minimum atomic E-state index is -0.491. The van der Waals surface area contributed by atoms with Gasteiger partial charge in [-0.2, -0.15) is 0 Å². The summed E-state index contributed by atoms with van der Waals surface area (Å²) < 4.78 is 5.08. The molecule has 5 nitrogen and oxygen atoms in total. The number of amides is 1. The smallest absolute Gasteiger partial charge is 0.407 e. The summed E-state index contributed by atoms with van der Waals surface area (Å²) in [6.45, 7) is 5.76. The van der Waals surface area contributed by atoms with Crippen LogP contribution in [-0.2, 0) is 4.74 Å². The topological polar surface area (TPSA) is 77.2 Å². The summed E-state index contributed by atoms with van der Waals surface area (Å²) in [5.41, 5.74) is 7.82. The Morgan fingerprint density at radius 3 is 2.88 bits per heavy atom. The van der Waals surface area contributed by atoms with E-state index in [1.807, 2.05) is 26.2 Å². The quantitative estimate of drug-likeness (QED) is 0.846. The van der Waals surface area contributed by atoms with E-state index in [0.29, 0.717) is 6.54 Å². The maximum Gasteiger partial charge on any atom is 0.407 e. The van der Waals surface area contributed by atoms with E-state index in [0.717, 1.165) is 5.69 Å². The number of thiazole rings is 1. The van der Waals surface area contributed by atoms with E-state index in [4.69, 9.17) is 10.5 Å². The maximum absolute atomic E-state index is 11.3. The number of rotatable bonds is 3. The lowest BCUT2D eigenvalue weighted by molar-refractivity contribution is 0.0524. The van der Waals surface area contributed by atoms with Gasteiger partial charge in [-0.1, -0.05) is 0 Å². The number of carbonyl (C=O) groups excluding carboxylic acids is 1. The molecular weight excluding hydrogens is 226 g/mol. The molecule has 0 bridgehead atoms. The van der Waals surface area contributed by atoms with Crippen LogP contribution in [0.2, 0.25) is 0 Å².